The van der Waals surface area contributed by atoms with E-state index in [9.17, 15) is 9.90 Å². The highest BCUT2D eigenvalue weighted by Crippen LogP contribution is 2.45. The van der Waals surface area contributed by atoms with E-state index >= 15 is 0 Å². The van der Waals surface area contributed by atoms with Crippen molar-refractivity contribution in [2.24, 2.45) is 0 Å². The van der Waals surface area contributed by atoms with Gasteiger partial charge in [0.05, 0.1) is 12.4 Å². The first-order chi connectivity index (χ1) is 18.5. The van der Waals surface area contributed by atoms with Crippen LogP contribution in [0.3, 0.4) is 0 Å². The lowest BCUT2D eigenvalue weighted by Crippen LogP contribution is -2.35. The Labute approximate surface area is 228 Å². The fourth-order valence-electron chi connectivity index (χ4n) is 5.29. The van der Waals surface area contributed by atoms with E-state index in [1.54, 1.807) is 7.11 Å². The van der Waals surface area contributed by atoms with Gasteiger partial charge >= 0.3 is 5.97 Å². The van der Waals surface area contributed by atoms with E-state index in [-0.39, 0.29) is 12.0 Å². The molecule has 0 aliphatic heterocycles. The van der Waals surface area contributed by atoms with Crippen LogP contribution in [0.15, 0.2) is 95.9 Å². The number of aliphatic hydroxyl groups excluding tert-OH is 1. The van der Waals surface area contributed by atoms with Crippen molar-refractivity contribution in [1.29, 1.82) is 0 Å². The molecule has 0 saturated heterocycles. The average Bonchev–Trinajstić information content (AvgIpc) is 2.97. The first-order valence-electron chi connectivity index (χ1n) is 13.1. The number of fused-ring (bicyclic) bond motifs is 1. The first kappa shape index (κ1) is 26.1. The number of benzene rings is 4. The molecule has 4 aromatic rings. The number of nitrogens with two attached hydrogens (primary N) is 1. The van der Waals surface area contributed by atoms with Gasteiger partial charge in [-0.2, -0.15) is 0 Å². The highest BCUT2D eigenvalue weighted by molar-refractivity contribution is 8.00. The molecule has 0 bridgehead atoms. The monoisotopic (exact) mass is 527 g/mol. The molecular formula is C32H33NO4S. The van der Waals surface area contributed by atoms with Crippen LogP contribution in [0.2, 0.25) is 0 Å². The van der Waals surface area contributed by atoms with Crippen molar-refractivity contribution in [3.8, 4) is 5.75 Å². The van der Waals surface area contributed by atoms with Gasteiger partial charge in [-0.15, -0.1) is 11.8 Å². The largest absolute Gasteiger partial charge is 0.497 e. The van der Waals surface area contributed by atoms with Gasteiger partial charge in [0, 0.05) is 16.5 Å². The van der Waals surface area contributed by atoms with Crippen molar-refractivity contribution in [2.45, 2.75) is 54.0 Å². The summed E-state index contributed by atoms with van der Waals surface area (Å²) in [5, 5.41) is 12.9. The molecule has 0 spiro atoms. The van der Waals surface area contributed by atoms with E-state index in [4.69, 9.17) is 15.2 Å². The summed E-state index contributed by atoms with van der Waals surface area (Å²) in [5.41, 5.74) is 8.99. The highest BCUT2D eigenvalue weighted by Gasteiger charge is 2.36. The van der Waals surface area contributed by atoms with Crippen LogP contribution in [0, 0.1) is 0 Å². The summed E-state index contributed by atoms with van der Waals surface area (Å²) in [6, 6.07) is 29.5. The van der Waals surface area contributed by atoms with Gasteiger partial charge < -0.3 is 20.3 Å². The summed E-state index contributed by atoms with van der Waals surface area (Å²) in [6.07, 6.45) is 2.19. The van der Waals surface area contributed by atoms with Gasteiger partial charge in [-0.25, -0.2) is 4.79 Å². The maximum absolute atomic E-state index is 13.5. The standard InChI is InChI=1S/C32H33NO4S/c1-36-24-18-15-23(16-19-24)30(38-31-26-13-6-5-11-22(26)17-20-27(31)33)29(34)32(35)37-28-14-8-7-12-25(28)21-9-3-2-4-10-21/h2-6,9-11,13,15-20,25,28-30,34H,7-8,12,14,33H2,1H3. The van der Waals surface area contributed by atoms with Gasteiger partial charge in [-0.05, 0) is 59.4 Å². The number of rotatable bonds is 8. The molecule has 0 amide bonds. The number of carbonyl (C=O) groups excluding carboxylic acids is 1. The number of methoxy groups -OCH3 is 1. The summed E-state index contributed by atoms with van der Waals surface area (Å²) in [7, 11) is 1.61. The second-order valence-electron chi connectivity index (χ2n) is 9.74. The third kappa shape index (κ3) is 5.66. The molecule has 1 aliphatic rings. The maximum atomic E-state index is 13.5. The number of hydrogen-bond donors (Lipinski definition) is 2. The van der Waals surface area contributed by atoms with Crippen LogP contribution in [-0.4, -0.2) is 30.4 Å². The summed E-state index contributed by atoms with van der Waals surface area (Å²) in [4.78, 5) is 14.4. The van der Waals surface area contributed by atoms with E-state index in [0.717, 1.165) is 46.9 Å². The predicted molar refractivity (Wildman–Crippen MR) is 153 cm³/mol. The number of anilines is 1. The molecule has 4 aromatic carbocycles. The molecule has 4 unspecified atom stereocenters. The van der Waals surface area contributed by atoms with E-state index in [1.165, 1.54) is 17.3 Å². The van der Waals surface area contributed by atoms with Crippen LogP contribution in [0.25, 0.3) is 10.8 Å². The number of thioether (sulfide) groups is 1. The number of aliphatic hydroxyl groups is 1. The van der Waals surface area contributed by atoms with Crippen molar-refractivity contribution in [3.63, 3.8) is 0 Å². The molecule has 0 aromatic heterocycles. The van der Waals surface area contributed by atoms with Crippen molar-refractivity contribution < 1.29 is 19.4 Å². The second-order valence-corrected chi connectivity index (χ2v) is 10.9. The third-order valence-electron chi connectivity index (χ3n) is 7.33. The lowest BCUT2D eigenvalue weighted by atomic mass is 9.81. The van der Waals surface area contributed by atoms with Crippen molar-refractivity contribution in [2.75, 3.05) is 12.8 Å². The van der Waals surface area contributed by atoms with Crippen molar-refractivity contribution in [3.05, 3.63) is 102 Å². The molecule has 0 heterocycles. The van der Waals surface area contributed by atoms with Gasteiger partial charge in [0.1, 0.15) is 11.9 Å². The van der Waals surface area contributed by atoms with Crippen LogP contribution in [-0.2, 0) is 9.53 Å². The summed E-state index contributed by atoms with van der Waals surface area (Å²) in [6.45, 7) is 0. The molecule has 5 nitrogen and oxygen atoms in total. The normalized spacial score (nSPS) is 19.0. The number of esters is 1. The highest BCUT2D eigenvalue weighted by atomic mass is 32.2. The third-order valence-corrected chi connectivity index (χ3v) is 8.80. The molecule has 4 atom stereocenters. The van der Waals surface area contributed by atoms with Gasteiger partial charge in [0.25, 0.3) is 0 Å². The van der Waals surface area contributed by atoms with Crippen LogP contribution < -0.4 is 10.5 Å². The zero-order valence-electron chi connectivity index (χ0n) is 21.5. The van der Waals surface area contributed by atoms with E-state index in [2.05, 4.69) is 12.1 Å². The molecule has 1 aliphatic carbocycles. The van der Waals surface area contributed by atoms with E-state index in [0.29, 0.717) is 11.4 Å². The van der Waals surface area contributed by atoms with E-state index < -0.39 is 17.3 Å². The Morgan fingerprint density at radius 3 is 2.39 bits per heavy atom. The topological polar surface area (TPSA) is 81.8 Å². The molecule has 1 saturated carbocycles. The molecule has 0 radical (unpaired) electrons. The minimum Gasteiger partial charge on any atom is -0.497 e. The van der Waals surface area contributed by atoms with Crippen LogP contribution in [0.4, 0.5) is 5.69 Å². The predicted octanol–water partition coefficient (Wildman–Crippen LogP) is 6.89. The Morgan fingerprint density at radius 2 is 1.63 bits per heavy atom. The van der Waals surface area contributed by atoms with Gasteiger partial charge in [-0.3, -0.25) is 0 Å². The zero-order valence-corrected chi connectivity index (χ0v) is 22.3. The zero-order chi connectivity index (χ0) is 26.5. The fraction of sp³-hybridized carbons (Fsp3) is 0.281. The van der Waals surface area contributed by atoms with Crippen molar-refractivity contribution in [1.82, 2.24) is 0 Å². The van der Waals surface area contributed by atoms with Crippen molar-refractivity contribution >= 4 is 34.2 Å². The molecule has 196 valence electrons. The molecular weight excluding hydrogens is 494 g/mol. The Balaban J connectivity index is 1.45. The summed E-state index contributed by atoms with van der Waals surface area (Å²) >= 11 is 1.39. The maximum Gasteiger partial charge on any atom is 0.336 e. The second kappa shape index (κ2) is 11.9. The lowest BCUT2D eigenvalue weighted by molar-refractivity contribution is -0.161. The van der Waals surface area contributed by atoms with E-state index in [1.807, 2.05) is 78.9 Å². The van der Waals surface area contributed by atoms with Crippen LogP contribution >= 0.6 is 11.8 Å². The Hall–Kier alpha value is -3.48. The average molecular weight is 528 g/mol. The van der Waals surface area contributed by atoms with Crippen LogP contribution in [0.5, 0.6) is 5.75 Å². The first-order valence-corrected chi connectivity index (χ1v) is 13.9. The smallest absolute Gasteiger partial charge is 0.336 e. The minimum absolute atomic E-state index is 0.127. The molecule has 38 heavy (non-hydrogen) atoms. The molecule has 6 heteroatoms. The van der Waals surface area contributed by atoms with Gasteiger partial charge in [-0.1, -0.05) is 79.2 Å². The summed E-state index contributed by atoms with van der Waals surface area (Å²) in [5.74, 6) is 0.221. The Morgan fingerprint density at radius 1 is 0.921 bits per heavy atom. The van der Waals surface area contributed by atoms with Crippen LogP contribution in [0.1, 0.15) is 48.0 Å². The quantitative estimate of drug-likeness (QED) is 0.147. The SMILES string of the molecule is COc1ccc(C(Sc2c(N)ccc3ccccc23)C(O)C(=O)OC2CCCCC2c2ccccc2)cc1. The number of hydrogen-bond acceptors (Lipinski definition) is 6. The number of carbonyl (C=O) groups is 1. The number of ether oxygens (including phenoxy) is 2. The van der Waals surface area contributed by atoms with Gasteiger partial charge in [0.15, 0.2) is 6.10 Å². The summed E-state index contributed by atoms with van der Waals surface area (Å²) < 4.78 is 11.4. The molecule has 3 N–H and O–H groups in total. The Kier molecular flexibility index (Phi) is 8.20. The minimum atomic E-state index is -1.38. The Bertz CT molecular complexity index is 1380. The van der Waals surface area contributed by atoms with Gasteiger partial charge in [0.2, 0.25) is 0 Å². The fourth-order valence-corrected chi connectivity index (χ4v) is 6.59. The molecule has 1 fully saturated rings. The number of nitrogen functional groups attached to an aromatic ring is 1. The lowest BCUT2D eigenvalue weighted by Gasteiger charge is -2.33. The molecule has 5 rings (SSSR count).